The van der Waals surface area contributed by atoms with E-state index < -0.39 is 24.5 Å². The van der Waals surface area contributed by atoms with Crippen molar-refractivity contribution in [3.05, 3.63) is 120 Å². The van der Waals surface area contributed by atoms with Crippen LogP contribution in [0.2, 0.25) is 0 Å². The van der Waals surface area contributed by atoms with Crippen LogP contribution in [0, 0.1) is 0 Å². The largest absolute Gasteiger partial charge is 0.387 e. The van der Waals surface area contributed by atoms with E-state index in [1.165, 1.54) is 18.2 Å². The summed E-state index contributed by atoms with van der Waals surface area (Å²) in [6.07, 6.45) is -0.758. The molecule has 2 aromatic heterocycles. The average Bonchev–Trinajstić information content (AvgIpc) is 3.71. The van der Waals surface area contributed by atoms with Gasteiger partial charge in [0.05, 0.1) is 19.5 Å². The maximum absolute atomic E-state index is 13.0. The Kier molecular flexibility index (Phi) is 10.4. The van der Waals surface area contributed by atoms with Crippen LogP contribution in [-0.4, -0.2) is 98.2 Å². The number of likely N-dealkylation sites (tertiary alicyclic amines) is 1. The summed E-state index contributed by atoms with van der Waals surface area (Å²) in [5.74, 6) is 1.20. The Morgan fingerprint density at radius 2 is 1.56 bits per heavy atom. The normalized spacial score (nSPS) is 21.2. The predicted octanol–water partition coefficient (Wildman–Crippen LogP) is 3.73. The molecule has 0 spiro atoms. The van der Waals surface area contributed by atoms with Gasteiger partial charge < -0.3 is 35.2 Å². The Morgan fingerprint density at radius 1 is 0.920 bits per heavy atom. The van der Waals surface area contributed by atoms with Crippen molar-refractivity contribution < 1.29 is 24.5 Å². The lowest BCUT2D eigenvalue weighted by atomic mass is 9.91. The van der Waals surface area contributed by atoms with E-state index in [1.807, 2.05) is 71.6 Å². The van der Waals surface area contributed by atoms with Crippen LogP contribution in [-0.2, 0) is 16.0 Å². The number of hydrogen-bond donors (Lipinski definition) is 4. The summed E-state index contributed by atoms with van der Waals surface area (Å²) >= 11 is 0. The van der Waals surface area contributed by atoms with Gasteiger partial charge in [-0.15, -0.1) is 0 Å². The maximum Gasteiger partial charge on any atom is 0.253 e. The molecule has 4 atom stereocenters. The fourth-order valence-corrected chi connectivity index (χ4v) is 6.89. The Balaban J connectivity index is 1.13. The zero-order chi connectivity index (χ0) is 34.5. The maximum atomic E-state index is 13.0. The molecular formula is C38H43N7O5. The van der Waals surface area contributed by atoms with Crippen LogP contribution in [0.15, 0.2) is 97.3 Å². The third-order valence-electron chi connectivity index (χ3n) is 9.64. The third kappa shape index (κ3) is 7.25. The first-order valence-corrected chi connectivity index (χ1v) is 17.2. The van der Waals surface area contributed by atoms with Crippen LogP contribution >= 0.6 is 0 Å². The molecule has 12 nitrogen and oxygen atoms in total. The molecule has 0 unspecified atom stereocenters. The van der Waals surface area contributed by atoms with Crippen molar-refractivity contribution in [2.45, 2.75) is 55.9 Å². The fraction of sp³-hybridized carbons (Fsp3) is 0.368. The van der Waals surface area contributed by atoms with E-state index in [2.05, 4.69) is 39.9 Å². The molecule has 1 amide bonds. The molecule has 5 aromatic rings. The number of rotatable bonds is 12. The first-order valence-electron chi connectivity index (χ1n) is 17.2. The molecule has 4 heterocycles. The zero-order valence-corrected chi connectivity index (χ0v) is 28.0. The van der Waals surface area contributed by atoms with Crippen molar-refractivity contribution in [1.29, 1.82) is 0 Å². The van der Waals surface area contributed by atoms with Crippen LogP contribution in [0.1, 0.15) is 52.3 Å². The summed E-state index contributed by atoms with van der Waals surface area (Å²) < 4.78 is 12.9. The molecule has 2 saturated heterocycles. The van der Waals surface area contributed by atoms with Crippen molar-refractivity contribution in [2.75, 3.05) is 38.7 Å². The average molecular weight is 678 g/mol. The number of imidazole rings is 1. The van der Waals surface area contributed by atoms with E-state index in [0.717, 1.165) is 12.8 Å². The van der Waals surface area contributed by atoms with E-state index >= 15 is 0 Å². The minimum absolute atomic E-state index is 0.0415. The number of aromatic nitrogens is 4. The lowest BCUT2D eigenvalue weighted by Gasteiger charge is -2.32. The number of piperidine rings is 1. The number of aliphatic hydroxyl groups excluding tert-OH is 2. The second kappa shape index (κ2) is 15.4. The van der Waals surface area contributed by atoms with Gasteiger partial charge in [0.15, 0.2) is 23.2 Å². The highest BCUT2D eigenvalue weighted by atomic mass is 16.6. The number of nitrogens with zero attached hydrogens (tertiary/aromatic N) is 5. The fourth-order valence-electron chi connectivity index (χ4n) is 6.89. The Labute approximate surface area is 291 Å². The van der Waals surface area contributed by atoms with Gasteiger partial charge >= 0.3 is 0 Å². The number of aliphatic hydroxyl groups is 2. The molecule has 3 aromatic carbocycles. The molecule has 2 aliphatic heterocycles. The first kappa shape index (κ1) is 33.8. The number of anilines is 1. The molecule has 12 heteroatoms. The molecule has 2 aliphatic rings. The van der Waals surface area contributed by atoms with Gasteiger partial charge in [-0.2, -0.15) is 0 Å². The van der Waals surface area contributed by atoms with Crippen molar-refractivity contribution >= 4 is 22.9 Å². The number of benzene rings is 3. The molecule has 0 saturated carbocycles. The lowest BCUT2D eigenvalue weighted by Crippen LogP contribution is -2.44. The molecule has 2 fully saturated rings. The van der Waals surface area contributed by atoms with Gasteiger partial charge in [-0.1, -0.05) is 78.9 Å². The van der Waals surface area contributed by atoms with Gasteiger partial charge in [-0.25, -0.2) is 15.0 Å². The highest BCUT2D eigenvalue weighted by Crippen LogP contribution is 2.33. The summed E-state index contributed by atoms with van der Waals surface area (Å²) in [7, 11) is 1.52. The number of ether oxygens (including phenoxy) is 2. The third-order valence-corrected chi connectivity index (χ3v) is 9.64. The van der Waals surface area contributed by atoms with Gasteiger partial charge in [0.1, 0.15) is 24.1 Å². The minimum atomic E-state index is -1.20. The molecule has 50 heavy (non-hydrogen) atoms. The summed E-state index contributed by atoms with van der Waals surface area (Å²) in [6, 6.07) is 30.3. The van der Waals surface area contributed by atoms with E-state index in [-0.39, 0.29) is 24.5 Å². The van der Waals surface area contributed by atoms with Gasteiger partial charge in [0, 0.05) is 44.3 Å². The van der Waals surface area contributed by atoms with Crippen LogP contribution < -0.4 is 10.6 Å². The Bertz CT molecular complexity index is 1810. The number of carbonyl (C=O) groups is 1. The second-order valence-electron chi connectivity index (χ2n) is 12.9. The monoisotopic (exact) mass is 677 g/mol. The second-order valence-corrected chi connectivity index (χ2v) is 12.9. The van der Waals surface area contributed by atoms with Crippen molar-refractivity contribution in [1.82, 2.24) is 29.7 Å². The summed E-state index contributed by atoms with van der Waals surface area (Å²) in [4.78, 5) is 29.4. The van der Waals surface area contributed by atoms with Gasteiger partial charge in [-0.05, 0) is 36.1 Å². The van der Waals surface area contributed by atoms with Crippen molar-refractivity contribution in [3.8, 4) is 0 Å². The molecule has 0 radical (unpaired) electrons. The topological polar surface area (TPSA) is 147 Å². The lowest BCUT2D eigenvalue weighted by molar-refractivity contribution is -0.0580. The van der Waals surface area contributed by atoms with Gasteiger partial charge in [0.25, 0.3) is 5.91 Å². The SMILES string of the molecule is COC[C@H]1O[C@@H](n2cnc3c(NCC(c4ccccc4)c4ccccc4)nc(CNC4CCN(C(=O)c5ccccc5)CC4)nc32)[C@H](O)[C@@H]1O. The van der Waals surface area contributed by atoms with Crippen LogP contribution in [0.5, 0.6) is 0 Å². The highest BCUT2D eigenvalue weighted by Gasteiger charge is 2.44. The van der Waals surface area contributed by atoms with Crippen LogP contribution in [0.4, 0.5) is 5.82 Å². The summed E-state index contributed by atoms with van der Waals surface area (Å²) in [5.41, 5.74) is 4.05. The van der Waals surface area contributed by atoms with Crippen molar-refractivity contribution in [2.24, 2.45) is 0 Å². The first-order chi connectivity index (χ1) is 24.5. The number of hydrogen-bond acceptors (Lipinski definition) is 10. The van der Waals surface area contributed by atoms with Crippen molar-refractivity contribution in [3.63, 3.8) is 0 Å². The molecule has 7 rings (SSSR count). The number of methoxy groups -OCH3 is 1. The molecule has 0 aliphatic carbocycles. The summed E-state index contributed by atoms with van der Waals surface area (Å²) in [6.45, 7) is 2.39. The predicted molar refractivity (Wildman–Crippen MR) is 189 cm³/mol. The van der Waals surface area contributed by atoms with E-state index in [4.69, 9.17) is 19.4 Å². The summed E-state index contributed by atoms with van der Waals surface area (Å²) in [5, 5.41) is 28.8. The number of nitrogens with one attached hydrogen (secondary N) is 2. The number of fused-ring (bicyclic) bond motifs is 1. The number of carbonyl (C=O) groups excluding carboxylic acids is 1. The van der Waals surface area contributed by atoms with Crippen LogP contribution in [0.25, 0.3) is 11.2 Å². The molecular weight excluding hydrogens is 634 g/mol. The Hall–Kier alpha value is -4.72. The van der Waals surface area contributed by atoms with Gasteiger partial charge in [-0.3, -0.25) is 9.36 Å². The molecule has 260 valence electrons. The van der Waals surface area contributed by atoms with E-state index in [1.54, 1.807) is 10.9 Å². The molecule has 4 N–H and O–H groups in total. The smallest absolute Gasteiger partial charge is 0.253 e. The minimum Gasteiger partial charge on any atom is -0.387 e. The quantitative estimate of drug-likeness (QED) is 0.154. The zero-order valence-electron chi connectivity index (χ0n) is 28.0. The number of amides is 1. The highest BCUT2D eigenvalue weighted by molar-refractivity contribution is 5.94. The van der Waals surface area contributed by atoms with E-state index in [0.29, 0.717) is 54.5 Å². The Morgan fingerprint density at radius 3 is 2.20 bits per heavy atom. The van der Waals surface area contributed by atoms with Crippen LogP contribution in [0.3, 0.4) is 0 Å². The standard InChI is InChI=1S/C38H43N7O5/c1-49-23-30-33(46)34(47)38(50-30)45-24-41-32-35(40-21-29(25-11-5-2-6-12-25)26-13-7-3-8-14-26)42-31(43-36(32)45)22-39-28-17-19-44(20-18-28)37(48)27-15-9-4-10-16-27/h2-16,24,28-30,33-34,38-39,46-47H,17-23H2,1H3,(H,40,42,43)/t30-,33-,34-,38-/m1/s1. The molecule has 0 bridgehead atoms. The van der Waals surface area contributed by atoms with Gasteiger partial charge in [0.2, 0.25) is 0 Å². The van der Waals surface area contributed by atoms with E-state index in [9.17, 15) is 15.0 Å².